The first-order valence-electron chi connectivity index (χ1n) is 7.73. The number of nitrogens with zero attached hydrogens (tertiary/aromatic N) is 2. The summed E-state index contributed by atoms with van der Waals surface area (Å²) >= 11 is 0. The van der Waals surface area contributed by atoms with Gasteiger partial charge in [0.05, 0.1) is 18.0 Å². The fraction of sp³-hybridized carbons (Fsp3) is 0.105. The summed E-state index contributed by atoms with van der Waals surface area (Å²) in [6, 6.07) is 18.0. The van der Waals surface area contributed by atoms with Gasteiger partial charge >= 0.3 is 0 Å². The molecule has 25 heavy (non-hydrogen) atoms. The smallest absolute Gasteiger partial charge is 0.239 e. The molecule has 0 amide bonds. The molecule has 3 rings (SSSR count). The topological polar surface area (TPSA) is 50.3 Å². The fourth-order valence-corrected chi connectivity index (χ4v) is 4.03. The first-order valence-corrected chi connectivity index (χ1v) is 9.34. The highest BCUT2D eigenvalue weighted by atomic mass is 32.2. The summed E-state index contributed by atoms with van der Waals surface area (Å²) in [5.74, 6) is -0.598. The van der Waals surface area contributed by atoms with Crippen molar-refractivity contribution in [3.63, 3.8) is 0 Å². The average molecular weight is 356 g/mol. The van der Waals surface area contributed by atoms with Crippen molar-refractivity contribution >= 4 is 15.7 Å². The van der Waals surface area contributed by atoms with Gasteiger partial charge in [0.25, 0.3) is 0 Å². The molecule has 0 fully saturated rings. The van der Waals surface area contributed by atoms with Gasteiger partial charge in [-0.3, -0.25) is 9.29 Å². The lowest BCUT2D eigenvalue weighted by molar-refractivity contribution is 0.589. The van der Waals surface area contributed by atoms with Gasteiger partial charge in [-0.25, -0.2) is 12.8 Å². The van der Waals surface area contributed by atoms with Crippen LogP contribution in [0.3, 0.4) is 0 Å². The lowest BCUT2D eigenvalue weighted by atomic mass is 10.2. The third kappa shape index (κ3) is 4.42. The Morgan fingerprint density at radius 1 is 0.880 bits per heavy atom. The molecule has 0 aliphatic heterocycles. The summed E-state index contributed by atoms with van der Waals surface area (Å²) in [5.41, 5.74) is 1.90. The summed E-state index contributed by atoms with van der Waals surface area (Å²) in [6.07, 6.45) is 3.28. The number of rotatable bonds is 6. The van der Waals surface area contributed by atoms with Crippen LogP contribution in [0.2, 0.25) is 0 Å². The van der Waals surface area contributed by atoms with Crippen LogP contribution in [-0.4, -0.2) is 13.4 Å². The Kier molecular flexibility index (Phi) is 5.09. The Morgan fingerprint density at radius 2 is 1.60 bits per heavy atom. The molecule has 0 bridgehead atoms. The van der Waals surface area contributed by atoms with Crippen molar-refractivity contribution in [2.75, 3.05) is 4.31 Å². The van der Waals surface area contributed by atoms with Crippen LogP contribution in [0.1, 0.15) is 11.1 Å². The normalized spacial score (nSPS) is 11.2. The number of benzene rings is 2. The number of aromatic nitrogens is 1. The van der Waals surface area contributed by atoms with Crippen molar-refractivity contribution in [2.24, 2.45) is 0 Å². The summed E-state index contributed by atoms with van der Waals surface area (Å²) < 4.78 is 40.4. The van der Waals surface area contributed by atoms with Crippen molar-refractivity contribution in [1.82, 2.24) is 4.98 Å². The summed E-state index contributed by atoms with van der Waals surface area (Å²) in [4.78, 5) is 4.04. The van der Waals surface area contributed by atoms with Gasteiger partial charge in [0, 0.05) is 12.4 Å². The first kappa shape index (κ1) is 17.1. The summed E-state index contributed by atoms with van der Waals surface area (Å²) in [5, 5.41) is 0. The van der Waals surface area contributed by atoms with Gasteiger partial charge < -0.3 is 0 Å². The molecule has 2 aromatic carbocycles. The zero-order valence-electron chi connectivity index (χ0n) is 13.4. The molecule has 4 nitrogen and oxygen atoms in total. The van der Waals surface area contributed by atoms with E-state index >= 15 is 0 Å². The monoisotopic (exact) mass is 356 g/mol. The van der Waals surface area contributed by atoms with Crippen molar-refractivity contribution < 1.29 is 12.8 Å². The minimum atomic E-state index is -3.66. The molecule has 0 N–H and O–H groups in total. The SMILES string of the molecule is O=S(=O)(Cc1ccc(F)cc1)N(Cc1cccnc1)c1ccccc1. The largest absolute Gasteiger partial charge is 0.265 e. The quantitative estimate of drug-likeness (QED) is 0.676. The van der Waals surface area contributed by atoms with Gasteiger partial charge in [0.1, 0.15) is 5.82 Å². The van der Waals surface area contributed by atoms with E-state index in [-0.39, 0.29) is 12.3 Å². The molecule has 0 saturated heterocycles. The van der Waals surface area contributed by atoms with E-state index in [1.165, 1.54) is 28.6 Å². The molecule has 128 valence electrons. The minimum absolute atomic E-state index is 0.182. The maximum absolute atomic E-state index is 13.1. The van der Waals surface area contributed by atoms with Crippen molar-refractivity contribution in [3.05, 3.63) is 96.1 Å². The molecule has 0 saturated carbocycles. The summed E-state index contributed by atoms with van der Waals surface area (Å²) in [6.45, 7) is 0.182. The van der Waals surface area contributed by atoms with Gasteiger partial charge in [0.2, 0.25) is 10.0 Å². The van der Waals surface area contributed by atoms with Crippen LogP contribution in [0.5, 0.6) is 0 Å². The molecule has 3 aromatic rings. The number of sulfonamides is 1. The van der Waals surface area contributed by atoms with Gasteiger partial charge in [-0.2, -0.15) is 0 Å². The van der Waals surface area contributed by atoms with Crippen molar-refractivity contribution in [2.45, 2.75) is 12.3 Å². The molecule has 6 heteroatoms. The number of anilines is 1. The number of hydrogen-bond donors (Lipinski definition) is 0. The van der Waals surface area contributed by atoms with Gasteiger partial charge in [-0.15, -0.1) is 0 Å². The predicted octanol–water partition coefficient (Wildman–Crippen LogP) is 3.76. The Labute approximate surface area is 146 Å². The van der Waals surface area contributed by atoms with E-state index in [9.17, 15) is 12.8 Å². The van der Waals surface area contributed by atoms with Crippen molar-refractivity contribution in [3.8, 4) is 0 Å². The zero-order chi connectivity index (χ0) is 17.7. The Balaban J connectivity index is 1.93. The highest BCUT2D eigenvalue weighted by Crippen LogP contribution is 2.23. The van der Waals surface area contributed by atoms with E-state index in [2.05, 4.69) is 4.98 Å². The Bertz CT molecular complexity index is 915. The molecule has 0 aliphatic carbocycles. The lowest BCUT2D eigenvalue weighted by Gasteiger charge is -2.24. The molecular weight excluding hydrogens is 339 g/mol. The predicted molar refractivity (Wildman–Crippen MR) is 95.9 cm³/mol. The third-order valence-electron chi connectivity index (χ3n) is 3.69. The van der Waals surface area contributed by atoms with Crippen LogP contribution in [0.25, 0.3) is 0 Å². The maximum Gasteiger partial charge on any atom is 0.239 e. The minimum Gasteiger partial charge on any atom is -0.265 e. The fourth-order valence-electron chi connectivity index (χ4n) is 2.47. The highest BCUT2D eigenvalue weighted by Gasteiger charge is 2.23. The van der Waals surface area contributed by atoms with E-state index < -0.39 is 15.8 Å². The number of para-hydroxylation sites is 1. The second-order valence-electron chi connectivity index (χ2n) is 5.59. The second kappa shape index (κ2) is 7.44. The molecule has 0 unspecified atom stereocenters. The molecule has 0 radical (unpaired) electrons. The molecule has 0 spiro atoms. The van der Waals surface area contributed by atoms with Gasteiger partial charge in [-0.1, -0.05) is 36.4 Å². The first-order chi connectivity index (χ1) is 12.0. The number of pyridine rings is 1. The Morgan fingerprint density at radius 3 is 2.24 bits per heavy atom. The molecule has 0 atom stereocenters. The third-order valence-corrected chi connectivity index (χ3v) is 5.40. The summed E-state index contributed by atoms with van der Waals surface area (Å²) in [7, 11) is -3.66. The van der Waals surface area contributed by atoms with E-state index in [0.717, 1.165) is 5.56 Å². The number of halogens is 1. The zero-order valence-corrected chi connectivity index (χ0v) is 14.2. The average Bonchev–Trinajstić information content (AvgIpc) is 2.63. The lowest BCUT2D eigenvalue weighted by Crippen LogP contribution is -2.31. The van der Waals surface area contributed by atoms with Crippen LogP contribution < -0.4 is 4.31 Å². The van der Waals surface area contributed by atoms with Crippen LogP contribution in [0.4, 0.5) is 10.1 Å². The molecule has 1 heterocycles. The number of hydrogen-bond acceptors (Lipinski definition) is 3. The van der Waals surface area contributed by atoms with Crippen LogP contribution in [0, 0.1) is 5.82 Å². The molecule has 1 aromatic heterocycles. The van der Waals surface area contributed by atoms with E-state index in [1.807, 2.05) is 12.1 Å². The van der Waals surface area contributed by atoms with Gasteiger partial charge in [-0.05, 0) is 41.5 Å². The van der Waals surface area contributed by atoms with E-state index in [0.29, 0.717) is 11.3 Å². The van der Waals surface area contributed by atoms with Crippen molar-refractivity contribution in [1.29, 1.82) is 0 Å². The van der Waals surface area contributed by atoms with Crippen LogP contribution in [-0.2, 0) is 22.3 Å². The second-order valence-corrected chi connectivity index (χ2v) is 7.48. The van der Waals surface area contributed by atoms with E-state index in [4.69, 9.17) is 0 Å². The highest BCUT2D eigenvalue weighted by molar-refractivity contribution is 7.92. The standard InChI is InChI=1S/C19H17FN2O2S/c20-18-10-8-16(9-11-18)15-25(23,24)22(19-6-2-1-3-7-19)14-17-5-4-12-21-13-17/h1-13H,14-15H2. The van der Waals surface area contributed by atoms with Gasteiger partial charge in [0.15, 0.2) is 0 Å². The molecular formula is C19H17FN2O2S. The van der Waals surface area contributed by atoms with Crippen LogP contribution >= 0.6 is 0 Å². The molecule has 0 aliphatic rings. The maximum atomic E-state index is 13.1. The van der Waals surface area contributed by atoms with Crippen LogP contribution in [0.15, 0.2) is 79.1 Å². The Hall–Kier alpha value is -2.73. The van der Waals surface area contributed by atoms with E-state index in [1.54, 1.807) is 42.7 Å².